The van der Waals surface area contributed by atoms with Crippen molar-refractivity contribution in [2.24, 2.45) is 0 Å². The molecule has 1 unspecified atom stereocenters. The van der Waals surface area contributed by atoms with Crippen LogP contribution in [0.5, 0.6) is 0 Å². The summed E-state index contributed by atoms with van der Waals surface area (Å²) < 4.78 is 26.8. The molecule has 2 heterocycles. The predicted molar refractivity (Wildman–Crippen MR) is 70.6 cm³/mol. The summed E-state index contributed by atoms with van der Waals surface area (Å²) in [6, 6.07) is 3.77. The van der Waals surface area contributed by atoms with Crippen LogP contribution in [0.4, 0.5) is 0 Å². The standard InChI is InChI=1S/C12H19N3O2S/c1-10-4-2-7-14-12(10)9-15-18(16,17)11-5-3-6-13-8-11/h2,4,7,11,13,15H,3,5-6,8-9H2,1H3. The van der Waals surface area contributed by atoms with Crippen molar-refractivity contribution in [1.82, 2.24) is 15.0 Å². The lowest BCUT2D eigenvalue weighted by Gasteiger charge is -2.23. The predicted octanol–water partition coefficient (Wildman–Crippen LogP) is 0.561. The maximum atomic E-state index is 12.1. The number of aryl methyl sites for hydroxylation is 1. The second-order valence-electron chi connectivity index (χ2n) is 4.60. The van der Waals surface area contributed by atoms with Crippen molar-refractivity contribution >= 4 is 10.0 Å². The Hall–Kier alpha value is -0.980. The van der Waals surface area contributed by atoms with Crippen LogP contribution in [-0.4, -0.2) is 31.7 Å². The Balaban J connectivity index is 1.98. The number of pyridine rings is 1. The van der Waals surface area contributed by atoms with Crippen LogP contribution in [0, 0.1) is 6.92 Å². The molecule has 100 valence electrons. The summed E-state index contributed by atoms with van der Waals surface area (Å²) >= 11 is 0. The van der Waals surface area contributed by atoms with Gasteiger partial charge in [-0.3, -0.25) is 4.98 Å². The van der Waals surface area contributed by atoms with Crippen LogP contribution in [0.25, 0.3) is 0 Å². The normalized spacial score (nSPS) is 20.8. The first-order valence-corrected chi connectivity index (χ1v) is 7.74. The third kappa shape index (κ3) is 3.28. The van der Waals surface area contributed by atoms with Crippen molar-refractivity contribution in [1.29, 1.82) is 0 Å². The fourth-order valence-electron chi connectivity index (χ4n) is 2.07. The van der Waals surface area contributed by atoms with Crippen molar-refractivity contribution < 1.29 is 8.42 Å². The van der Waals surface area contributed by atoms with Gasteiger partial charge in [-0.1, -0.05) is 6.07 Å². The van der Waals surface area contributed by atoms with E-state index in [1.165, 1.54) is 0 Å². The molecule has 0 radical (unpaired) electrons. The molecule has 0 saturated carbocycles. The van der Waals surface area contributed by atoms with Gasteiger partial charge in [0.1, 0.15) is 0 Å². The molecule has 1 atom stereocenters. The number of nitrogens with zero attached hydrogens (tertiary/aromatic N) is 1. The van der Waals surface area contributed by atoms with Crippen LogP contribution >= 0.6 is 0 Å². The summed E-state index contributed by atoms with van der Waals surface area (Å²) in [6.07, 6.45) is 3.32. The van der Waals surface area contributed by atoms with E-state index in [9.17, 15) is 8.42 Å². The van der Waals surface area contributed by atoms with E-state index < -0.39 is 10.0 Å². The van der Waals surface area contributed by atoms with E-state index in [1.54, 1.807) is 6.20 Å². The Morgan fingerprint density at radius 2 is 2.39 bits per heavy atom. The fraction of sp³-hybridized carbons (Fsp3) is 0.583. The van der Waals surface area contributed by atoms with Gasteiger partial charge >= 0.3 is 0 Å². The van der Waals surface area contributed by atoms with Crippen LogP contribution in [-0.2, 0) is 16.6 Å². The zero-order valence-corrected chi connectivity index (χ0v) is 11.3. The SMILES string of the molecule is Cc1cccnc1CNS(=O)(=O)C1CCCNC1. The Labute approximate surface area is 108 Å². The molecular formula is C12H19N3O2S. The minimum absolute atomic E-state index is 0.269. The Morgan fingerprint density at radius 1 is 1.56 bits per heavy atom. The lowest BCUT2D eigenvalue weighted by Crippen LogP contribution is -2.44. The molecule has 0 aliphatic carbocycles. The quantitative estimate of drug-likeness (QED) is 0.838. The molecule has 1 saturated heterocycles. The molecule has 1 fully saturated rings. The first kappa shape index (κ1) is 13.5. The summed E-state index contributed by atoms with van der Waals surface area (Å²) in [5.41, 5.74) is 1.78. The average molecular weight is 269 g/mol. The highest BCUT2D eigenvalue weighted by molar-refractivity contribution is 7.90. The van der Waals surface area contributed by atoms with Crippen LogP contribution in [0.1, 0.15) is 24.1 Å². The van der Waals surface area contributed by atoms with Gasteiger partial charge in [0, 0.05) is 12.7 Å². The largest absolute Gasteiger partial charge is 0.315 e. The molecule has 0 spiro atoms. The Bertz CT molecular complexity index is 496. The number of aromatic nitrogens is 1. The molecule has 1 aromatic rings. The molecule has 0 aromatic carbocycles. The van der Waals surface area contributed by atoms with E-state index >= 15 is 0 Å². The summed E-state index contributed by atoms with van der Waals surface area (Å²) in [5, 5.41) is 2.79. The molecule has 18 heavy (non-hydrogen) atoms. The topological polar surface area (TPSA) is 71.1 Å². The van der Waals surface area contributed by atoms with Gasteiger partial charge in [-0.2, -0.15) is 0 Å². The van der Waals surface area contributed by atoms with Gasteiger partial charge in [0.15, 0.2) is 0 Å². The zero-order chi connectivity index (χ0) is 13.0. The van der Waals surface area contributed by atoms with E-state index in [0.717, 1.165) is 30.6 Å². The van der Waals surface area contributed by atoms with Crippen LogP contribution < -0.4 is 10.0 Å². The fourth-order valence-corrected chi connectivity index (χ4v) is 3.46. The Kier molecular flexibility index (Phi) is 4.31. The maximum Gasteiger partial charge on any atom is 0.216 e. The molecule has 6 heteroatoms. The zero-order valence-electron chi connectivity index (χ0n) is 10.5. The van der Waals surface area contributed by atoms with Gasteiger partial charge in [0.2, 0.25) is 10.0 Å². The molecule has 1 aliphatic rings. The van der Waals surface area contributed by atoms with E-state index in [-0.39, 0.29) is 11.8 Å². The number of hydrogen-bond donors (Lipinski definition) is 2. The summed E-state index contributed by atoms with van der Waals surface area (Å²) in [5.74, 6) is 0. The van der Waals surface area contributed by atoms with Crippen molar-refractivity contribution in [3.05, 3.63) is 29.6 Å². The maximum absolute atomic E-state index is 12.1. The number of hydrogen-bond acceptors (Lipinski definition) is 4. The molecule has 2 rings (SSSR count). The monoisotopic (exact) mass is 269 g/mol. The highest BCUT2D eigenvalue weighted by Gasteiger charge is 2.26. The summed E-state index contributed by atoms with van der Waals surface area (Å²) in [4.78, 5) is 4.18. The number of piperidine rings is 1. The summed E-state index contributed by atoms with van der Waals surface area (Å²) in [6.45, 7) is 3.65. The molecule has 2 N–H and O–H groups in total. The molecule has 1 aromatic heterocycles. The first-order chi connectivity index (χ1) is 8.59. The van der Waals surface area contributed by atoms with Crippen molar-refractivity contribution in [2.45, 2.75) is 31.6 Å². The minimum atomic E-state index is -3.25. The van der Waals surface area contributed by atoms with Crippen molar-refractivity contribution in [3.63, 3.8) is 0 Å². The smallest absolute Gasteiger partial charge is 0.216 e. The number of nitrogens with one attached hydrogen (secondary N) is 2. The highest BCUT2D eigenvalue weighted by atomic mass is 32.2. The summed E-state index contributed by atoms with van der Waals surface area (Å²) in [7, 11) is -3.25. The van der Waals surface area contributed by atoms with E-state index in [4.69, 9.17) is 0 Å². The van der Waals surface area contributed by atoms with Crippen molar-refractivity contribution in [2.75, 3.05) is 13.1 Å². The van der Waals surface area contributed by atoms with Crippen molar-refractivity contribution in [3.8, 4) is 0 Å². The number of sulfonamides is 1. The van der Waals surface area contributed by atoms with Crippen LogP contribution in [0.15, 0.2) is 18.3 Å². The second-order valence-corrected chi connectivity index (χ2v) is 6.65. The van der Waals surface area contributed by atoms with E-state index in [1.807, 2.05) is 19.1 Å². The second kappa shape index (κ2) is 5.77. The van der Waals surface area contributed by atoms with Gasteiger partial charge in [-0.25, -0.2) is 13.1 Å². The number of rotatable bonds is 4. The molecule has 1 aliphatic heterocycles. The molecule has 5 nitrogen and oxygen atoms in total. The van der Waals surface area contributed by atoms with Gasteiger partial charge < -0.3 is 5.32 Å². The third-order valence-corrected chi connectivity index (χ3v) is 5.08. The lowest BCUT2D eigenvalue weighted by atomic mass is 10.2. The van der Waals surface area contributed by atoms with Crippen LogP contribution in [0.2, 0.25) is 0 Å². The molecular weight excluding hydrogens is 250 g/mol. The highest BCUT2D eigenvalue weighted by Crippen LogP contribution is 2.11. The molecule has 0 bridgehead atoms. The van der Waals surface area contributed by atoms with E-state index in [0.29, 0.717) is 6.54 Å². The lowest BCUT2D eigenvalue weighted by molar-refractivity contribution is 0.489. The minimum Gasteiger partial charge on any atom is -0.315 e. The van der Waals surface area contributed by atoms with Crippen LogP contribution in [0.3, 0.4) is 0 Å². The van der Waals surface area contributed by atoms with Gasteiger partial charge in [0.05, 0.1) is 17.5 Å². The average Bonchev–Trinajstić information content (AvgIpc) is 2.39. The van der Waals surface area contributed by atoms with Gasteiger partial charge in [-0.05, 0) is 37.9 Å². The van der Waals surface area contributed by atoms with Gasteiger partial charge in [-0.15, -0.1) is 0 Å². The first-order valence-electron chi connectivity index (χ1n) is 6.19. The molecule has 0 amide bonds. The van der Waals surface area contributed by atoms with Gasteiger partial charge in [0.25, 0.3) is 0 Å². The third-order valence-electron chi connectivity index (χ3n) is 3.25. The van der Waals surface area contributed by atoms with E-state index in [2.05, 4.69) is 15.0 Å². The Morgan fingerprint density at radius 3 is 3.06 bits per heavy atom.